The van der Waals surface area contributed by atoms with Gasteiger partial charge in [0.25, 0.3) is 0 Å². The second kappa shape index (κ2) is 10.9. The number of hydrogen-bond acceptors (Lipinski definition) is 6. The van der Waals surface area contributed by atoms with Crippen molar-refractivity contribution >= 4 is 34.2 Å². The second-order valence-electron chi connectivity index (χ2n) is 8.56. The van der Waals surface area contributed by atoms with E-state index in [2.05, 4.69) is 10.3 Å². The summed E-state index contributed by atoms with van der Waals surface area (Å²) >= 11 is 0. The fourth-order valence-corrected chi connectivity index (χ4v) is 3.26. The summed E-state index contributed by atoms with van der Waals surface area (Å²) in [4.78, 5) is 53.9. The molecule has 1 amide bonds. The molecule has 2 aromatic rings. The number of aromatic nitrogens is 1. The predicted molar refractivity (Wildman–Crippen MR) is 118 cm³/mol. The maximum Gasteiger partial charge on any atom is 0.308 e. The first-order valence-corrected chi connectivity index (χ1v) is 10.5. The summed E-state index contributed by atoms with van der Waals surface area (Å²) in [7, 11) is 0. The number of amides is 1. The number of carbonyl (C=O) groups excluding carboxylic acids is 4. The standard InChI is InChI=1S/C24H29FN2O5/c1-5-15(12-19(28)22-17-9-7-6-8-16(17)10-11-26-22)23(31)27-18(20(29)14-25)13-21(30)32-24(2,3)4/h6-11,15,18H,5,12-14H2,1-4H3,(H,27,31). The molecule has 172 valence electrons. The number of hydrogen-bond donors (Lipinski definition) is 1. The minimum atomic E-state index is -1.36. The monoisotopic (exact) mass is 444 g/mol. The summed E-state index contributed by atoms with van der Waals surface area (Å²) in [5.41, 5.74) is -0.520. The van der Waals surface area contributed by atoms with E-state index >= 15 is 0 Å². The van der Waals surface area contributed by atoms with E-state index in [1.807, 2.05) is 12.1 Å². The molecule has 2 atom stereocenters. The van der Waals surface area contributed by atoms with Crippen molar-refractivity contribution in [1.29, 1.82) is 0 Å². The number of nitrogens with one attached hydrogen (secondary N) is 1. The number of pyridine rings is 1. The van der Waals surface area contributed by atoms with E-state index in [9.17, 15) is 23.6 Å². The minimum Gasteiger partial charge on any atom is -0.460 e. The number of rotatable bonds is 10. The van der Waals surface area contributed by atoms with Crippen molar-refractivity contribution in [2.45, 2.75) is 58.6 Å². The zero-order valence-corrected chi connectivity index (χ0v) is 18.8. The van der Waals surface area contributed by atoms with Gasteiger partial charge >= 0.3 is 5.97 Å². The van der Waals surface area contributed by atoms with E-state index in [0.717, 1.165) is 5.39 Å². The van der Waals surface area contributed by atoms with Crippen molar-refractivity contribution in [3.05, 3.63) is 42.2 Å². The number of fused-ring (bicyclic) bond motifs is 1. The molecule has 0 aliphatic heterocycles. The molecule has 2 rings (SSSR count). The molecule has 0 radical (unpaired) electrons. The first-order valence-electron chi connectivity index (χ1n) is 10.5. The number of carbonyl (C=O) groups is 4. The third kappa shape index (κ3) is 6.93. The highest BCUT2D eigenvalue weighted by Crippen LogP contribution is 2.21. The summed E-state index contributed by atoms with van der Waals surface area (Å²) < 4.78 is 18.2. The average Bonchev–Trinajstić information content (AvgIpc) is 2.74. The van der Waals surface area contributed by atoms with Gasteiger partial charge in [-0.25, -0.2) is 4.39 Å². The molecule has 0 spiro atoms. The highest BCUT2D eigenvalue weighted by molar-refractivity contribution is 6.07. The van der Waals surface area contributed by atoms with Gasteiger partial charge in [-0.1, -0.05) is 31.2 Å². The molecule has 1 heterocycles. The Kier molecular flexibility index (Phi) is 8.57. The van der Waals surface area contributed by atoms with Gasteiger partial charge in [0.1, 0.15) is 24.0 Å². The summed E-state index contributed by atoms with van der Waals surface area (Å²) in [5.74, 6) is -3.34. The molecule has 1 aromatic heterocycles. The molecule has 0 saturated carbocycles. The highest BCUT2D eigenvalue weighted by Gasteiger charge is 2.30. The Morgan fingerprint density at radius 1 is 1.09 bits per heavy atom. The number of Topliss-reactive ketones (excluding diaryl/α,β-unsaturated/α-hetero) is 2. The number of ketones is 2. The quantitative estimate of drug-likeness (QED) is 0.444. The highest BCUT2D eigenvalue weighted by atomic mass is 19.1. The lowest BCUT2D eigenvalue weighted by Gasteiger charge is -2.23. The van der Waals surface area contributed by atoms with Gasteiger partial charge in [-0.05, 0) is 38.6 Å². The second-order valence-corrected chi connectivity index (χ2v) is 8.56. The van der Waals surface area contributed by atoms with Crippen LogP contribution >= 0.6 is 0 Å². The van der Waals surface area contributed by atoms with Gasteiger partial charge in [0.05, 0.1) is 6.42 Å². The maximum absolute atomic E-state index is 13.0. The third-order valence-corrected chi connectivity index (χ3v) is 4.86. The van der Waals surface area contributed by atoms with Gasteiger partial charge in [-0.3, -0.25) is 24.2 Å². The van der Waals surface area contributed by atoms with Crippen molar-refractivity contribution in [3.8, 4) is 0 Å². The van der Waals surface area contributed by atoms with Crippen molar-refractivity contribution < 1.29 is 28.3 Å². The number of benzene rings is 1. The van der Waals surface area contributed by atoms with Crippen molar-refractivity contribution in [2.75, 3.05) is 6.67 Å². The van der Waals surface area contributed by atoms with Crippen LogP contribution in [0.1, 0.15) is 57.4 Å². The Morgan fingerprint density at radius 3 is 2.41 bits per heavy atom. The first kappa shape index (κ1) is 25.1. The van der Waals surface area contributed by atoms with Crippen molar-refractivity contribution in [1.82, 2.24) is 10.3 Å². The van der Waals surface area contributed by atoms with Gasteiger partial charge in [0, 0.05) is 23.9 Å². The zero-order chi connectivity index (χ0) is 23.9. The number of halogens is 1. The third-order valence-electron chi connectivity index (χ3n) is 4.86. The van der Waals surface area contributed by atoms with Gasteiger partial charge < -0.3 is 10.1 Å². The van der Waals surface area contributed by atoms with Crippen LogP contribution in [0.3, 0.4) is 0 Å². The van der Waals surface area contributed by atoms with Gasteiger partial charge in [0.15, 0.2) is 11.6 Å². The lowest BCUT2D eigenvalue weighted by molar-refractivity contribution is -0.156. The molecule has 0 aliphatic rings. The first-order chi connectivity index (χ1) is 15.1. The van der Waals surface area contributed by atoms with E-state index in [0.29, 0.717) is 11.8 Å². The Bertz CT molecular complexity index is 994. The van der Waals surface area contributed by atoms with Crippen molar-refractivity contribution in [2.24, 2.45) is 5.92 Å². The largest absolute Gasteiger partial charge is 0.460 e. The van der Waals surface area contributed by atoms with Crippen LogP contribution in [0.4, 0.5) is 4.39 Å². The smallest absolute Gasteiger partial charge is 0.308 e. The van der Waals surface area contributed by atoms with Crippen LogP contribution in [-0.2, 0) is 19.1 Å². The van der Waals surface area contributed by atoms with Crippen LogP contribution in [0.5, 0.6) is 0 Å². The van der Waals surface area contributed by atoms with Gasteiger partial charge in [-0.15, -0.1) is 0 Å². The number of nitrogens with zero attached hydrogens (tertiary/aromatic N) is 1. The fraction of sp³-hybridized carbons (Fsp3) is 0.458. The van der Waals surface area contributed by atoms with E-state index < -0.39 is 48.3 Å². The summed E-state index contributed by atoms with van der Waals surface area (Å²) in [5, 5.41) is 3.97. The lowest BCUT2D eigenvalue weighted by Crippen LogP contribution is -2.46. The van der Waals surface area contributed by atoms with E-state index in [-0.39, 0.29) is 17.9 Å². The summed E-state index contributed by atoms with van der Waals surface area (Å²) in [6.07, 6.45) is 1.23. The molecule has 2 unspecified atom stereocenters. The summed E-state index contributed by atoms with van der Waals surface area (Å²) in [6, 6.07) is 7.73. The average molecular weight is 445 g/mol. The molecular formula is C24H29FN2O5. The Hall–Kier alpha value is -3.16. The van der Waals surface area contributed by atoms with Crippen LogP contribution in [0.2, 0.25) is 0 Å². The zero-order valence-electron chi connectivity index (χ0n) is 18.8. The molecule has 1 N–H and O–H groups in total. The van der Waals surface area contributed by atoms with Gasteiger partial charge in [-0.2, -0.15) is 0 Å². The molecule has 0 saturated heterocycles. The molecule has 7 nitrogen and oxygen atoms in total. The van der Waals surface area contributed by atoms with Crippen LogP contribution < -0.4 is 5.32 Å². The Balaban J connectivity index is 2.13. The van der Waals surface area contributed by atoms with E-state index in [4.69, 9.17) is 4.74 Å². The minimum absolute atomic E-state index is 0.133. The number of alkyl halides is 1. The van der Waals surface area contributed by atoms with E-state index in [1.54, 1.807) is 45.9 Å². The van der Waals surface area contributed by atoms with Gasteiger partial charge in [0.2, 0.25) is 5.91 Å². The fourth-order valence-electron chi connectivity index (χ4n) is 3.26. The predicted octanol–water partition coefficient (Wildman–Crippen LogP) is 3.59. The molecule has 0 bridgehead atoms. The maximum atomic E-state index is 13.0. The Morgan fingerprint density at radius 2 is 1.78 bits per heavy atom. The topological polar surface area (TPSA) is 102 Å². The molecule has 0 fully saturated rings. The molecule has 1 aromatic carbocycles. The molecule has 32 heavy (non-hydrogen) atoms. The van der Waals surface area contributed by atoms with Crippen LogP contribution in [-0.4, -0.2) is 46.7 Å². The number of esters is 1. The SMILES string of the molecule is CCC(CC(=O)c1nccc2ccccc12)C(=O)NC(CC(=O)OC(C)(C)C)C(=O)CF. The Labute approximate surface area is 186 Å². The van der Waals surface area contributed by atoms with E-state index in [1.165, 1.54) is 6.20 Å². The summed E-state index contributed by atoms with van der Waals surface area (Å²) in [6.45, 7) is 5.39. The normalized spacial score (nSPS) is 13.3. The molecule has 8 heteroatoms. The van der Waals surface area contributed by atoms with Crippen molar-refractivity contribution in [3.63, 3.8) is 0 Å². The lowest BCUT2D eigenvalue weighted by atomic mass is 9.94. The molecular weight excluding hydrogens is 415 g/mol. The van der Waals surface area contributed by atoms with Crippen LogP contribution in [0.25, 0.3) is 10.8 Å². The van der Waals surface area contributed by atoms with Crippen LogP contribution in [0.15, 0.2) is 36.5 Å². The number of ether oxygens (including phenoxy) is 1. The molecule has 0 aliphatic carbocycles. The van der Waals surface area contributed by atoms with Crippen LogP contribution in [0, 0.1) is 5.92 Å².